The zero-order valence-electron chi connectivity index (χ0n) is 11.3. The van der Waals surface area contributed by atoms with Crippen LogP contribution in [0.5, 0.6) is 0 Å². The van der Waals surface area contributed by atoms with Crippen LogP contribution < -0.4 is 11.1 Å². The molecule has 0 aliphatic rings. The zero-order valence-corrected chi connectivity index (χ0v) is 11.3. The van der Waals surface area contributed by atoms with Gasteiger partial charge in [-0.1, -0.05) is 12.1 Å². The predicted octanol–water partition coefficient (Wildman–Crippen LogP) is 1.44. The molecule has 0 spiro atoms. The van der Waals surface area contributed by atoms with Gasteiger partial charge in [0, 0.05) is 19.2 Å². The number of nitrogens with one attached hydrogen (secondary N) is 1. The number of carbonyl (C=O) groups excluding carboxylic acids is 2. The van der Waals surface area contributed by atoms with E-state index >= 15 is 0 Å². The third kappa shape index (κ3) is 4.99. The summed E-state index contributed by atoms with van der Waals surface area (Å²) in [4.78, 5) is 22.8. The lowest BCUT2D eigenvalue weighted by atomic mass is 10.0. The Labute approximate surface area is 113 Å². The number of esters is 1. The van der Waals surface area contributed by atoms with Gasteiger partial charge < -0.3 is 15.8 Å². The standard InChI is InChI=1S/C14H20N2O3/c1-10(11-5-3-6-12(15)9-11)14(18)19-8-4-7-13(17)16-2/h3,5-6,9-10H,4,7-8,15H2,1-2H3,(H,16,17). The Balaban J connectivity index is 2.39. The van der Waals surface area contributed by atoms with Gasteiger partial charge >= 0.3 is 5.97 Å². The Morgan fingerprint density at radius 3 is 2.79 bits per heavy atom. The fourth-order valence-electron chi connectivity index (χ4n) is 1.62. The molecule has 19 heavy (non-hydrogen) atoms. The average Bonchev–Trinajstić information content (AvgIpc) is 2.42. The van der Waals surface area contributed by atoms with E-state index in [4.69, 9.17) is 10.5 Å². The van der Waals surface area contributed by atoms with Gasteiger partial charge in [-0.2, -0.15) is 0 Å². The summed E-state index contributed by atoms with van der Waals surface area (Å²) in [5.74, 6) is -0.717. The summed E-state index contributed by atoms with van der Waals surface area (Å²) in [6.45, 7) is 2.02. The number of benzene rings is 1. The van der Waals surface area contributed by atoms with Crippen LogP contribution in [-0.2, 0) is 14.3 Å². The second kappa shape index (κ2) is 7.41. The molecule has 1 unspecified atom stereocenters. The molecular weight excluding hydrogens is 244 g/mol. The lowest BCUT2D eigenvalue weighted by Crippen LogP contribution is -2.19. The molecule has 0 saturated carbocycles. The summed E-state index contributed by atoms with van der Waals surface area (Å²) in [5.41, 5.74) is 7.12. The van der Waals surface area contributed by atoms with Crippen LogP contribution in [-0.4, -0.2) is 25.5 Å². The van der Waals surface area contributed by atoms with Gasteiger partial charge in [0.05, 0.1) is 12.5 Å². The van der Waals surface area contributed by atoms with E-state index in [0.29, 0.717) is 18.5 Å². The van der Waals surface area contributed by atoms with Crippen LogP contribution in [0.1, 0.15) is 31.2 Å². The van der Waals surface area contributed by atoms with Gasteiger partial charge in [-0.05, 0) is 31.0 Å². The minimum atomic E-state index is -0.358. The highest BCUT2D eigenvalue weighted by Crippen LogP contribution is 2.19. The molecule has 5 heteroatoms. The molecule has 0 heterocycles. The zero-order chi connectivity index (χ0) is 14.3. The van der Waals surface area contributed by atoms with E-state index in [2.05, 4.69) is 5.32 Å². The first-order chi connectivity index (χ1) is 9.04. The number of hydrogen-bond donors (Lipinski definition) is 2. The first-order valence-corrected chi connectivity index (χ1v) is 6.27. The van der Waals surface area contributed by atoms with Crippen molar-refractivity contribution in [2.45, 2.75) is 25.7 Å². The van der Waals surface area contributed by atoms with Crippen LogP contribution in [0.3, 0.4) is 0 Å². The van der Waals surface area contributed by atoms with E-state index in [1.807, 2.05) is 6.07 Å². The maximum atomic E-state index is 11.8. The summed E-state index contributed by atoms with van der Waals surface area (Å²) < 4.78 is 5.13. The van der Waals surface area contributed by atoms with E-state index in [0.717, 1.165) is 5.56 Å². The van der Waals surface area contributed by atoms with Crippen molar-refractivity contribution in [3.05, 3.63) is 29.8 Å². The topological polar surface area (TPSA) is 81.4 Å². The minimum Gasteiger partial charge on any atom is -0.465 e. The summed E-state index contributed by atoms with van der Waals surface area (Å²) >= 11 is 0. The molecule has 5 nitrogen and oxygen atoms in total. The molecule has 104 valence electrons. The Hall–Kier alpha value is -2.04. The van der Waals surface area contributed by atoms with Crippen molar-refractivity contribution in [1.29, 1.82) is 0 Å². The van der Waals surface area contributed by atoms with Crippen LogP contribution in [0, 0.1) is 0 Å². The summed E-state index contributed by atoms with van der Waals surface area (Å²) in [7, 11) is 1.58. The van der Waals surface area contributed by atoms with Gasteiger partial charge in [-0.15, -0.1) is 0 Å². The number of carbonyl (C=O) groups is 2. The molecule has 3 N–H and O–H groups in total. The lowest BCUT2D eigenvalue weighted by molar-refractivity contribution is -0.145. The van der Waals surface area contributed by atoms with Crippen molar-refractivity contribution in [3.8, 4) is 0 Å². The normalized spacial score (nSPS) is 11.7. The number of nitrogen functional groups attached to an aromatic ring is 1. The fourth-order valence-corrected chi connectivity index (χ4v) is 1.62. The van der Waals surface area contributed by atoms with Gasteiger partial charge in [0.25, 0.3) is 0 Å². The van der Waals surface area contributed by atoms with E-state index < -0.39 is 0 Å². The van der Waals surface area contributed by atoms with Crippen LogP contribution in [0.2, 0.25) is 0 Å². The van der Waals surface area contributed by atoms with Gasteiger partial charge in [0.2, 0.25) is 5.91 Å². The number of anilines is 1. The van der Waals surface area contributed by atoms with E-state index in [1.165, 1.54) is 0 Å². The molecule has 0 saturated heterocycles. The molecule has 1 rings (SSSR count). The van der Waals surface area contributed by atoms with E-state index in [-0.39, 0.29) is 24.4 Å². The molecule has 0 radical (unpaired) electrons. The number of ether oxygens (including phenoxy) is 1. The summed E-state index contributed by atoms with van der Waals surface area (Å²) in [6, 6.07) is 7.17. The molecule has 1 atom stereocenters. The Kier molecular flexibility index (Phi) is 5.85. The van der Waals surface area contributed by atoms with Crippen LogP contribution in [0.4, 0.5) is 5.69 Å². The average molecular weight is 264 g/mol. The molecule has 0 aromatic heterocycles. The smallest absolute Gasteiger partial charge is 0.313 e. The number of amides is 1. The largest absolute Gasteiger partial charge is 0.465 e. The number of hydrogen-bond acceptors (Lipinski definition) is 4. The molecule has 1 aromatic rings. The van der Waals surface area contributed by atoms with Gasteiger partial charge in [0.15, 0.2) is 0 Å². The van der Waals surface area contributed by atoms with Crippen LogP contribution in [0.15, 0.2) is 24.3 Å². The molecule has 0 aliphatic heterocycles. The SMILES string of the molecule is CNC(=O)CCCOC(=O)C(C)c1cccc(N)c1. The Morgan fingerprint density at radius 1 is 1.42 bits per heavy atom. The van der Waals surface area contributed by atoms with Crippen molar-refractivity contribution in [2.24, 2.45) is 0 Å². The molecule has 0 aliphatic carbocycles. The molecule has 1 amide bonds. The van der Waals surface area contributed by atoms with Crippen molar-refractivity contribution in [3.63, 3.8) is 0 Å². The highest BCUT2D eigenvalue weighted by Gasteiger charge is 2.16. The lowest BCUT2D eigenvalue weighted by Gasteiger charge is -2.12. The monoisotopic (exact) mass is 264 g/mol. The van der Waals surface area contributed by atoms with E-state index in [1.54, 1.807) is 32.2 Å². The highest BCUT2D eigenvalue weighted by atomic mass is 16.5. The maximum absolute atomic E-state index is 11.8. The van der Waals surface area contributed by atoms with E-state index in [9.17, 15) is 9.59 Å². The molecule has 0 bridgehead atoms. The highest BCUT2D eigenvalue weighted by molar-refractivity contribution is 5.78. The van der Waals surface area contributed by atoms with Crippen LogP contribution in [0.25, 0.3) is 0 Å². The second-order valence-electron chi connectivity index (χ2n) is 4.34. The van der Waals surface area contributed by atoms with Crippen molar-refractivity contribution in [2.75, 3.05) is 19.4 Å². The van der Waals surface area contributed by atoms with Gasteiger partial charge in [-0.25, -0.2) is 0 Å². The Bertz CT molecular complexity index is 446. The minimum absolute atomic E-state index is 0.0556. The third-order valence-electron chi connectivity index (χ3n) is 2.84. The Morgan fingerprint density at radius 2 is 2.16 bits per heavy atom. The predicted molar refractivity (Wildman–Crippen MR) is 73.5 cm³/mol. The molecule has 0 fully saturated rings. The maximum Gasteiger partial charge on any atom is 0.313 e. The second-order valence-corrected chi connectivity index (χ2v) is 4.34. The van der Waals surface area contributed by atoms with Crippen molar-refractivity contribution < 1.29 is 14.3 Å². The third-order valence-corrected chi connectivity index (χ3v) is 2.84. The fraction of sp³-hybridized carbons (Fsp3) is 0.429. The molecular formula is C14H20N2O3. The summed E-state index contributed by atoms with van der Waals surface area (Å²) in [5, 5.41) is 2.51. The van der Waals surface area contributed by atoms with Crippen LogP contribution >= 0.6 is 0 Å². The quantitative estimate of drug-likeness (QED) is 0.463. The first kappa shape index (κ1) is 15.0. The number of rotatable bonds is 6. The summed E-state index contributed by atoms with van der Waals surface area (Å²) in [6.07, 6.45) is 0.880. The van der Waals surface area contributed by atoms with Crippen molar-refractivity contribution in [1.82, 2.24) is 5.32 Å². The number of nitrogens with two attached hydrogens (primary N) is 1. The molecule has 1 aromatic carbocycles. The first-order valence-electron chi connectivity index (χ1n) is 6.27. The van der Waals surface area contributed by atoms with Gasteiger partial charge in [-0.3, -0.25) is 9.59 Å². The van der Waals surface area contributed by atoms with Gasteiger partial charge in [0.1, 0.15) is 0 Å². The van der Waals surface area contributed by atoms with Crippen molar-refractivity contribution >= 4 is 17.6 Å².